The zero-order chi connectivity index (χ0) is 17.3. The molecule has 2 aromatic rings. The quantitative estimate of drug-likeness (QED) is 0.930. The normalized spacial score (nSPS) is 18.8. The number of para-hydroxylation sites is 1. The lowest BCUT2D eigenvalue weighted by Gasteiger charge is -2.37. The lowest BCUT2D eigenvalue weighted by atomic mass is 10.2. The van der Waals surface area contributed by atoms with Crippen molar-refractivity contribution >= 4 is 10.9 Å². The molecule has 130 valence electrons. The van der Waals surface area contributed by atoms with E-state index in [0.717, 1.165) is 0 Å². The van der Waals surface area contributed by atoms with Crippen LogP contribution in [0.5, 0.6) is 0 Å². The summed E-state index contributed by atoms with van der Waals surface area (Å²) in [6, 6.07) is 6.94. The molecule has 1 unspecified atom stereocenters. The SMILES string of the molecule is CC(c1nc2ccccc2c(=O)[nH]1)N1CCN(CC(F)(F)F)CC1. The first kappa shape index (κ1) is 16.9. The van der Waals surface area contributed by atoms with Crippen molar-refractivity contribution in [2.24, 2.45) is 0 Å². The van der Waals surface area contributed by atoms with Gasteiger partial charge in [0.05, 0.1) is 23.5 Å². The summed E-state index contributed by atoms with van der Waals surface area (Å²) < 4.78 is 37.3. The molecular weight excluding hydrogens is 321 g/mol. The lowest BCUT2D eigenvalue weighted by molar-refractivity contribution is -0.149. The van der Waals surface area contributed by atoms with Crippen LogP contribution in [0, 0.1) is 0 Å². The second-order valence-corrected chi connectivity index (χ2v) is 6.07. The Labute approximate surface area is 137 Å². The number of hydrogen-bond donors (Lipinski definition) is 1. The van der Waals surface area contributed by atoms with Gasteiger partial charge in [0.25, 0.3) is 5.56 Å². The van der Waals surface area contributed by atoms with E-state index in [4.69, 9.17) is 0 Å². The number of hydrogen-bond acceptors (Lipinski definition) is 4. The van der Waals surface area contributed by atoms with E-state index in [9.17, 15) is 18.0 Å². The van der Waals surface area contributed by atoms with Crippen LogP contribution >= 0.6 is 0 Å². The Bertz CT molecular complexity index is 766. The van der Waals surface area contributed by atoms with Crippen molar-refractivity contribution in [2.75, 3.05) is 32.7 Å². The van der Waals surface area contributed by atoms with E-state index in [-0.39, 0.29) is 11.6 Å². The summed E-state index contributed by atoms with van der Waals surface area (Å²) in [7, 11) is 0. The molecule has 1 saturated heterocycles. The Morgan fingerprint density at radius 2 is 1.88 bits per heavy atom. The third-order valence-electron chi connectivity index (χ3n) is 4.38. The third kappa shape index (κ3) is 3.76. The number of aromatic nitrogens is 2. The molecule has 24 heavy (non-hydrogen) atoms. The average Bonchev–Trinajstić information content (AvgIpc) is 2.53. The van der Waals surface area contributed by atoms with E-state index in [1.54, 1.807) is 18.2 Å². The fourth-order valence-corrected chi connectivity index (χ4v) is 3.04. The monoisotopic (exact) mass is 340 g/mol. The third-order valence-corrected chi connectivity index (χ3v) is 4.38. The number of H-pyrrole nitrogens is 1. The molecule has 8 heteroatoms. The molecule has 1 aliphatic rings. The summed E-state index contributed by atoms with van der Waals surface area (Å²) in [5, 5.41) is 0.531. The van der Waals surface area contributed by atoms with E-state index in [2.05, 4.69) is 9.97 Å². The minimum absolute atomic E-state index is 0.157. The molecular formula is C16H19F3N4O. The number of rotatable bonds is 3. The van der Waals surface area contributed by atoms with Crippen molar-refractivity contribution in [1.82, 2.24) is 19.8 Å². The zero-order valence-corrected chi connectivity index (χ0v) is 13.3. The van der Waals surface area contributed by atoms with Gasteiger partial charge in [-0.2, -0.15) is 13.2 Å². The second-order valence-electron chi connectivity index (χ2n) is 6.07. The second kappa shape index (κ2) is 6.52. The molecule has 1 atom stereocenters. The maximum absolute atomic E-state index is 12.4. The van der Waals surface area contributed by atoms with Crippen LogP contribution < -0.4 is 5.56 Å². The van der Waals surface area contributed by atoms with Crippen molar-refractivity contribution in [3.8, 4) is 0 Å². The molecule has 0 saturated carbocycles. The van der Waals surface area contributed by atoms with Crippen LogP contribution in [0.3, 0.4) is 0 Å². The van der Waals surface area contributed by atoms with Crippen LogP contribution in [0.15, 0.2) is 29.1 Å². The van der Waals surface area contributed by atoms with Gasteiger partial charge in [-0.05, 0) is 19.1 Å². The molecule has 1 aliphatic heterocycles. The zero-order valence-electron chi connectivity index (χ0n) is 13.3. The number of benzene rings is 1. The number of alkyl halides is 3. The van der Waals surface area contributed by atoms with Crippen molar-refractivity contribution in [3.05, 3.63) is 40.4 Å². The van der Waals surface area contributed by atoms with Gasteiger partial charge in [-0.15, -0.1) is 0 Å². The summed E-state index contributed by atoms with van der Waals surface area (Å²) in [6.45, 7) is 2.75. The van der Waals surface area contributed by atoms with Crippen LogP contribution in [0.2, 0.25) is 0 Å². The molecule has 1 aromatic heterocycles. The Morgan fingerprint density at radius 3 is 2.54 bits per heavy atom. The first-order valence-corrected chi connectivity index (χ1v) is 7.85. The largest absolute Gasteiger partial charge is 0.401 e. The van der Waals surface area contributed by atoms with Crippen LogP contribution in [-0.2, 0) is 0 Å². The average molecular weight is 340 g/mol. The van der Waals surface area contributed by atoms with Gasteiger partial charge in [-0.3, -0.25) is 14.6 Å². The lowest BCUT2D eigenvalue weighted by Crippen LogP contribution is -2.49. The smallest absolute Gasteiger partial charge is 0.309 e. The molecule has 0 amide bonds. The molecule has 0 bridgehead atoms. The summed E-state index contributed by atoms with van der Waals surface area (Å²) in [4.78, 5) is 22.9. The van der Waals surface area contributed by atoms with Gasteiger partial charge in [0.15, 0.2) is 0 Å². The summed E-state index contributed by atoms with van der Waals surface area (Å²) in [6.07, 6.45) is -4.17. The first-order chi connectivity index (χ1) is 11.3. The van der Waals surface area contributed by atoms with Crippen LogP contribution in [0.1, 0.15) is 18.8 Å². The predicted molar refractivity (Wildman–Crippen MR) is 84.8 cm³/mol. The topological polar surface area (TPSA) is 52.2 Å². The number of piperazine rings is 1. The van der Waals surface area contributed by atoms with Crippen LogP contribution in [0.25, 0.3) is 10.9 Å². The molecule has 3 rings (SSSR count). The van der Waals surface area contributed by atoms with E-state index < -0.39 is 12.7 Å². The van der Waals surface area contributed by atoms with Crippen LogP contribution in [-0.4, -0.2) is 58.7 Å². The standard InChI is InChI=1S/C16H19F3N4O/c1-11(23-8-6-22(7-9-23)10-16(17,18)19)14-20-13-5-3-2-4-12(13)15(24)21-14/h2-5,11H,6-10H2,1H3,(H,20,21,24). The fraction of sp³-hybridized carbons (Fsp3) is 0.500. The molecule has 1 N–H and O–H groups in total. The van der Waals surface area contributed by atoms with Gasteiger partial charge >= 0.3 is 6.18 Å². The minimum atomic E-state index is -4.17. The van der Waals surface area contributed by atoms with Gasteiger partial charge in [0.1, 0.15) is 5.82 Å². The van der Waals surface area contributed by atoms with E-state index >= 15 is 0 Å². The highest BCUT2D eigenvalue weighted by atomic mass is 19.4. The Morgan fingerprint density at radius 1 is 1.21 bits per heavy atom. The maximum atomic E-state index is 12.4. The van der Waals surface area contributed by atoms with Gasteiger partial charge in [0, 0.05) is 26.2 Å². The molecule has 5 nitrogen and oxygen atoms in total. The van der Waals surface area contributed by atoms with Crippen molar-refractivity contribution in [1.29, 1.82) is 0 Å². The van der Waals surface area contributed by atoms with E-state index in [0.29, 0.717) is 42.9 Å². The number of aromatic amines is 1. The van der Waals surface area contributed by atoms with E-state index in [1.807, 2.05) is 17.9 Å². The Kier molecular flexibility index (Phi) is 4.60. The number of halogens is 3. The van der Waals surface area contributed by atoms with Crippen LogP contribution in [0.4, 0.5) is 13.2 Å². The number of fused-ring (bicyclic) bond motifs is 1. The first-order valence-electron chi connectivity index (χ1n) is 7.85. The number of nitrogens with zero attached hydrogens (tertiary/aromatic N) is 3. The molecule has 2 heterocycles. The summed E-state index contributed by atoms with van der Waals surface area (Å²) in [5.41, 5.74) is 0.428. The molecule has 0 radical (unpaired) electrons. The highest BCUT2D eigenvalue weighted by Gasteiger charge is 2.33. The predicted octanol–water partition coefficient (Wildman–Crippen LogP) is 2.16. The fourth-order valence-electron chi connectivity index (χ4n) is 3.04. The van der Waals surface area contributed by atoms with Crippen molar-refractivity contribution < 1.29 is 13.2 Å². The Balaban J connectivity index is 1.72. The molecule has 1 aromatic carbocycles. The van der Waals surface area contributed by atoms with Gasteiger partial charge < -0.3 is 4.98 Å². The molecule has 1 fully saturated rings. The van der Waals surface area contributed by atoms with Gasteiger partial charge in [-0.1, -0.05) is 12.1 Å². The maximum Gasteiger partial charge on any atom is 0.401 e. The molecule has 0 spiro atoms. The highest BCUT2D eigenvalue weighted by Crippen LogP contribution is 2.22. The summed E-state index contributed by atoms with van der Waals surface area (Å²) in [5.74, 6) is 0.544. The van der Waals surface area contributed by atoms with Gasteiger partial charge in [0.2, 0.25) is 0 Å². The molecule has 0 aliphatic carbocycles. The summed E-state index contributed by atoms with van der Waals surface area (Å²) >= 11 is 0. The Hall–Kier alpha value is -1.93. The highest BCUT2D eigenvalue weighted by molar-refractivity contribution is 5.77. The van der Waals surface area contributed by atoms with Gasteiger partial charge in [-0.25, -0.2) is 4.98 Å². The minimum Gasteiger partial charge on any atom is -0.309 e. The van der Waals surface area contributed by atoms with Crippen molar-refractivity contribution in [2.45, 2.75) is 19.1 Å². The van der Waals surface area contributed by atoms with E-state index in [1.165, 1.54) is 4.90 Å². The van der Waals surface area contributed by atoms with Crippen molar-refractivity contribution in [3.63, 3.8) is 0 Å². The number of nitrogens with one attached hydrogen (secondary N) is 1.